The van der Waals surface area contributed by atoms with E-state index in [9.17, 15) is 10.1 Å². The Balaban J connectivity index is 1.39. The molecule has 1 N–H and O–H groups in total. The maximum Gasteiger partial charge on any atom is 0.222 e. The average Bonchev–Trinajstić information content (AvgIpc) is 3.82. The van der Waals surface area contributed by atoms with E-state index in [2.05, 4.69) is 39.7 Å². The van der Waals surface area contributed by atoms with Gasteiger partial charge in [0.1, 0.15) is 17.7 Å². The number of unbranched alkanes of at least 4 members (excludes halogenated alkanes) is 2. The van der Waals surface area contributed by atoms with Gasteiger partial charge in [-0.15, -0.1) is 0 Å². The minimum absolute atomic E-state index is 0.217. The van der Waals surface area contributed by atoms with Crippen LogP contribution in [0.25, 0.3) is 6.08 Å². The van der Waals surface area contributed by atoms with Crippen molar-refractivity contribution in [1.82, 2.24) is 14.9 Å². The van der Waals surface area contributed by atoms with Gasteiger partial charge in [0.2, 0.25) is 5.91 Å². The first-order valence-electron chi connectivity index (χ1n) is 13.5. The van der Waals surface area contributed by atoms with E-state index >= 15 is 0 Å². The van der Waals surface area contributed by atoms with E-state index in [0.717, 1.165) is 67.2 Å². The van der Waals surface area contributed by atoms with E-state index in [1.807, 2.05) is 18.2 Å². The van der Waals surface area contributed by atoms with E-state index in [-0.39, 0.29) is 6.04 Å². The lowest BCUT2D eigenvalue weighted by Crippen LogP contribution is -2.56. The lowest BCUT2D eigenvalue weighted by atomic mass is 10.0. The Labute approximate surface area is 214 Å². The molecule has 3 fully saturated rings. The second-order valence-electron chi connectivity index (χ2n) is 10.4. The number of carbonyl (C=O) groups is 1. The maximum atomic E-state index is 13.0. The van der Waals surface area contributed by atoms with Crippen LogP contribution in [0.4, 0.5) is 17.3 Å². The number of aromatic nitrogens is 2. The number of nitrogens with zero attached hydrogens (tertiary/aromatic N) is 5. The SMILES string of the molecule is C=Cc1ccnc(Nc2cc(C#N)c(N3CCN(C(=O)CCCCC)C(C4CC4)C3)nc2C2CC2)c1. The predicted molar refractivity (Wildman–Crippen MR) is 143 cm³/mol. The Hall–Kier alpha value is -3.40. The number of hydrogen-bond donors (Lipinski definition) is 1. The van der Waals surface area contributed by atoms with Gasteiger partial charge in [0, 0.05) is 38.2 Å². The highest BCUT2D eigenvalue weighted by Crippen LogP contribution is 2.45. The quantitative estimate of drug-likeness (QED) is 0.441. The molecule has 36 heavy (non-hydrogen) atoms. The molecule has 0 radical (unpaired) electrons. The molecule has 7 heteroatoms. The molecule has 0 bridgehead atoms. The Morgan fingerprint density at radius 3 is 2.78 bits per heavy atom. The number of piperazine rings is 1. The molecule has 7 nitrogen and oxygen atoms in total. The molecule has 0 spiro atoms. The van der Waals surface area contributed by atoms with Crippen LogP contribution in [0.15, 0.2) is 31.0 Å². The molecule has 0 aromatic carbocycles. The summed E-state index contributed by atoms with van der Waals surface area (Å²) in [5, 5.41) is 13.5. The number of nitrogens with one attached hydrogen (secondary N) is 1. The maximum absolute atomic E-state index is 13.0. The van der Waals surface area contributed by atoms with Crippen LogP contribution in [-0.2, 0) is 4.79 Å². The minimum atomic E-state index is 0.217. The molecule has 2 aliphatic carbocycles. The van der Waals surface area contributed by atoms with Crippen molar-refractivity contribution in [2.45, 2.75) is 70.3 Å². The predicted octanol–water partition coefficient (Wildman–Crippen LogP) is 5.62. The summed E-state index contributed by atoms with van der Waals surface area (Å²) in [6, 6.07) is 8.40. The van der Waals surface area contributed by atoms with Crippen molar-refractivity contribution in [3.8, 4) is 6.07 Å². The zero-order valence-electron chi connectivity index (χ0n) is 21.2. The van der Waals surface area contributed by atoms with Crippen molar-refractivity contribution in [1.29, 1.82) is 5.26 Å². The van der Waals surface area contributed by atoms with Crippen LogP contribution in [0.3, 0.4) is 0 Å². The van der Waals surface area contributed by atoms with Crippen LogP contribution in [0.1, 0.15) is 81.0 Å². The Bertz CT molecular complexity index is 1160. The van der Waals surface area contributed by atoms with E-state index < -0.39 is 0 Å². The van der Waals surface area contributed by atoms with Gasteiger partial charge in [0.05, 0.1) is 23.0 Å². The van der Waals surface area contributed by atoms with Crippen molar-refractivity contribution >= 4 is 29.3 Å². The van der Waals surface area contributed by atoms with Crippen LogP contribution in [0, 0.1) is 17.2 Å². The number of carbonyl (C=O) groups excluding carboxylic acids is 1. The summed E-state index contributed by atoms with van der Waals surface area (Å²) in [6.07, 6.45) is 12.0. The summed E-state index contributed by atoms with van der Waals surface area (Å²) >= 11 is 0. The largest absolute Gasteiger partial charge is 0.352 e. The lowest BCUT2D eigenvalue weighted by molar-refractivity contribution is -0.134. The highest BCUT2D eigenvalue weighted by atomic mass is 16.2. The summed E-state index contributed by atoms with van der Waals surface area (Å²) in [5.41, 5.74) is 3.42. The number of amides is 1. The molecule has 2 aromatic rings. The van der Waals surface area contributed by atoms with Gasteiger partial charge in [-0.1, -0.05) is 32.4 Å². The second-order valence-corrected chi connectivity index (χ2v) is 10.4. The van der Waals surface area contributed by atoms with Gasteiger partial charge in [-0.05, 0) is 61.8 Å². The van der Waals surface area contributed by atoms with Crippen LogP contribution >= 0.6 is 0 Å². The molecular weight excluding hydrogens is 448 g/mol. The third-order valence-electron chi connectivity index (χ3n) is 7.60. The summed E-state index contributed by atoms with van der Waals surface area (Å²) < 4.78 is 0. The van der Waals surface area contributed by atoms with Crippen LogP contribution in [-0.4, -0.2) is 46.5 Å². The van der Waals surface area contributed by atoms with Crippen molar-refractivity contribution in [2.75, 3.05) is 29.9 Å². The normalized spacial score (nSPS) is 19.6. The summed E-state index contributed by atoms with van der Waals surface area (Å²) in [4.78, 5) is 26.9. The highest BCUT2D eigenvalue weighted by Gasteiger charge is 2.41. The van der Waals surface area contributed by atoms with Gasteiger partial charge in [0.15, 0.2) is 0 Å². The van der Waals surface area contributed by atoms with E-state index in [4.69, 9.17) is 4.98 Å². The van der Waals surface area contributed by atoms with Crippen LogP contribution < -0.4 is 10.2 Å². The molecule has 5 rings (SSSR count). The number of nitriles is 1. The first-order chi connectivity index (χ1) is 17.6. The summed E-state index contributed by atoms with van der Waals surface area (Å²) in [5.74, 6) is 2.75. The fraction of sp³-hybridized carbons (Fsp3) is 0.517. The smallest absolute Gasteiger partial charge is 0.222 e. The minimum Gasteiger partial charge on any atom is -0.352 e. The molecule has 1 aliphatic heterocycles. The molecule has 2 saturated carbocycles. The third-order valence-corrected chi connectivity index (χ3v) is 7.60. The molecule has 1 unspecified atom stereocenters. The van der Waals surface area contributed by atoms with Crippen molar-refractivity contribution in [3.63, 3.8) is 0 Å². The van der Waals surface area contributed by atoms with Crippen molar-refractivity contribution < 1.29 is 4.79 Å². The molecule has 1 saturated heterocycles. The Morgan fingerprint density at radius 2 is 2.08 bits per heavy atom. The van der Waals surface area contributed by atoms with Crippen molar-refractivity contribution in [2.24, 2.45) is 5.92 Å². The van der Waals surface area contributed by atoms with Gasteiger partial charge in [-0.25, -0.2) is 9.97 Å². The first kappa shape index (κ1) is 24.3. The number of pyridine rings is 2. The van der Waals surface area contributed by atoms with E-state index in [1.165, 1.54) is 12.8 Å². The van der Waals surface area contributed by atoms with Crippen molar-refractivity contribution in [3.05, 3.63) is 47.8 Å². The summed E-state index contributed by atoms with van der Waals surface area (Å²) in [7, 11) is 0. The third kappa shape index (κ3) is 5.38. The van der Waals surface area contributed by atoms with E-state index in [1.54, 1.807) is 12.3 Å². The standard InChI is InChI=1S/C29H36N6O/c1-3-5-6-7-27(36)35-15-14-34(19-25(35)21-8-9-21)29-23(18-30)17-24(28(33-29)22-10-11-22)32-26-16-20(4-2)12-13-31-26/h4,12-13,16-17,21-22,25H,2-3,5-11,14-15,19H2,1H3,(H,31,32). The monoisotopic (exact) mass is 484 g/mol. The molecule has 3 aliphatic rings. The van der Waals surface area contributed by atoms with Gasteiger partial charge >= 0.3 is 0 Å². The van der Waals surface area contributed by atoms with Crippen LogP contribution in [0.5, 0.6) is 0 Å². The second kappa shape index (κ2) is 10.7. The topological polar surface area (TPSA) is 85.2 Å². The fourth-order valence-electron chi connectivity index (χ4n) is 5.26. The van der Waals surface area contributed by atoms with Crippen LogP contribution in [0.2, 0.25) is 0 Å². The molecule has 188 valence electrons. The van der Waals surface area contributed by atoms with Gasteiger partial charge < -0.3 is 15.1 Å². The lowest BCUT2D eigenvalue weighted by Gasteiger charge is -2.42. The molecule has 3 heterocycles. The number of rotatable bonds is 10. The zero-order chi connectivity index (χ0) is 25.1. The Morgan fingerprint density at radius 1 is 1.25 bits per heavy atom. The first-order valence-corrected chi connectivity index (χ1v) is 13.5. The summed E-state index contributed by atoms with van der Waals surface area (Å²) in [6.45, 7) is 8.18. The zero-order valence-corrected chi connectivity index (χ0v) is 21.2. The van der Waals surface area contributed by atoms with E-state index in [0.29, 0.717) is 42.8 Å². The fourth-order valence-corrected chi connectivity index (χ4v) is 5.26. The Kier molecular flexibility index (Phi) is 7.22. The van der Waals surface area contributed by atoms with Gasteiger partial charge in [-0.3, -0.25) is 4.79 Å². The van der Waals surface area contributed by atoms with Gasteiger partial charge in [0.25, 0.3) is 0 Å². The molecule has 1 amide bonds. The molecule has 1 atom stereocenters. The average molecular weight is 485 g/mol. The molecule has 2 aromatic heterocycles. The highest BCUT2D eigenvalue weighted by molar-refractivity contribution is 5.77. The molecular formula is C29H36N6O. The van der Waals surface area contributed by atoms with Gasteiger partial charge in [-0.2, -0.15) is 5.26 Å². The number of anilines is 3. The number of hydrogen-bond acceptors (Lipinski definition) is 6.